The summed E-state index contributed by atoms with van der Waals surface area (Å²) in [7, 11) is -3.83. The maximum atomic E-state index is 12.6. The second kappa shape index (κ2) is 10.3. The molecular weight excluding hydrogens is 340 g/mol. The molecule has 142 valence electrons. The molecule has 0 amide bonds. The molecule has 0 radical (unpaired) electrons. The lowest BCUT2D eigenvalue weighted by Crippen LogP contribution is -2.31. The van der Waals surface area contributed by atoms with Crippen LogP contribution < -0.4 is 0 Å². The van der Waals surface area contributed by atoms with E-state index in [-0.39, 0.29) is 11.0 Å². The molecule has 1 aliphatic heterocycles. The van der Waals surface area contributed by atoms with Gasteiger partial charge in [-0.15, -0.1) is 0 Å². The summed E-state index contributed by atoms with van der Waals surface area (Å²) in [6.45, 7) is 5.37. The Labute approximate surface area is 151 Å². The lowest BCUT2D eigenvalue weighted by Gasteiger charge is -2.27. The average Bonchev–Trinajstić information content (AvgIpc) is 2.59. The Morgan fingerprint density at radius 3 is 2.44 bits per heavy atom. The number of ether oxygens (including phenoxy) is 2. The van der Waals surface area contributed by atoms with Crippen LogP contribution in [-0.4, -0.2) is 34.0 Å². The fourth-order valence-electron chi connectivity index (χ4n) is 2.81. The van der Waals surface area contributed by atoms with Gasteiger partial charge in [-0.1, -0.05) is 43.9 Å². The van der Waals surface area contributed by atoms with Gasteiger partial charge in [-0.05, 0) is 44.7 Å². The van der Waals surface area contributed by atoms with Crippen molar-refractivity contribution in [3.8, 4) is 0 Å². The standard InChI is InChI=1S/C19H30O5S/c1-3-4-5-6-7-19(23-17-12-14-22-15-13-17)24-25(20,21)18-10-8-16(2)9-11-18/h8-11,17,19H,3-7,12-15H2,1-2H3. The van der Waals surface area contributed by atoms with E-state index in [1.165, 1.54) is 0 Å². The Hall–Kier alpha value is -0.950. The van der Waals surface area contributed by atoms with Crippen molar-refractivity contribution < 1.29 is 22.1 Å². The van der Waals surface area contributed by atoms with E-state index in [0.29, 0.717) is 19.6 Å². The Bertz CT molecular complexity index is 591. The van der Waals surface area contributed by atoms with E-state index in [2.05, 4.69) is 6.92 Å². The van der Waals surface area contributed by atoms with Crippen LogP contribution in [0.2, 0.25) is 0 Å². The summed E-state index contributed by atoms with van der Waals surface area (Å²) in [4.78, 5) is 0.173. The summed E-state index contributed by atoms with van der Waals surface area (Å²) >= 11 is 0. The zero-order chi connectivity index (χ0) is 18.1. The first-order valence-corrected chi connectivity index (χ1v) is 10.7. The van der Waals surface area contributed by atoms with Gasteiger partial charge >= 0.3 is 0 Å². The minimum absolute atomic E-state index is 0.00172. The largest absolute Gasteiger partial charge is 0.381 e. The van der Waals surface area contributed by atoms with Crippen LogP contribution in [0.5, 0.6) is 0 Å². The van der Waals surface area contributed by atoms with E-state index in [0.717, 1.165) is 44.1 Å². The molecule has 1 aromatic carbocycles. The van der Waals surface area contributed by atoms with Crippen LogP contribution in [-0.2, 0) is 23.8 Å². The lowest BCUT2D eigenvalue weighted by molar-refractivity contribution is -0.144. The number of hydrogen-bond acceptors (Lipinski definition) is 5. The van der Waals surface area contributed by atoms with Crippen molar-refractivity contribution >= 4 is 10.1 Å². The topological polar surface area (TPSA) is 61.8 Å². The van der Waals surface area contributed by atoms with Crippen LogP contribution in [0.25, 0.3) is 0 Å². The molecule has 1 unspecified atom stereocenters. The first kappa shape index (κ1) is 20.4. The van der Waals surface area contributed by atoms with Crippen molar-refractivity contribution in [1.82, 2.24) is 0 Å². The van der Waals surface area contributed by atoms with Crippen molar-refractivity contribution in [2.75, 3.05) is 13.2 Å². The SMILES string of the molecule is CCCCCCC(OC1CCOCC1)OS(=O)(=O)c1ccc(C)cc1. The normalized spacial score (nSPS) is 17.5. The number of hydrogen-bond donors (Lipinski definition) is 0. The molecule has 1 aromatic rings. The third-order valence-corrected chi connectivity index (χ3v) is 5.67. The second-order valence-electron chi connectivity index (χ2n) is 6.59. The zero-order valence-electron chi connectivity index (χ0n) is 15.3. The second-order valence-corrected chi connectivity index (χ2v) is 8.16. The highest BCUT2D eigenvalue weighted by Crippen LogP contribution is 2.22. The molecule has 0 aromatic heterocycles. The molecule has 1 heterocycles. The van der Waals surface area contributed by atoms with Crippen LogP contribution in [0, 0.1) is 6.92 Å². The van der Waals surface area contributed by atoms with Crippen LogP contribution in [0.15, 0.2) is 29.2 Å². The fraction of sp³-hybridized carbons (Fsp3) is 0.684. The Balaban J connectivity index is 2.00. The summed E-state index contributed by atoms with van der Waals surface area (Å²) in [5.41, 5.74) is 1.01. The van der Waals surface area contributed by atoms with Gasteiger partial charge < -0.3 is 9.47 Å². The average molecular weight is 371 g/mol. The van der Waals surface area contributed by atoms with Crippen LogP contribution >= 0.6 is 0 Å². The first-order valence-electron chi connectivity index (χ1n) is 9.24. The third kappa shape index (κ3) is 7.05. The van der Waals surface area contributed by atoms with Gasteiger partial charge in [0, 0.05) is 13.2 Å². The molecule has 1 aliphatic rings. The molecule has 0 spiro atoms. The molecule has 1 fully saturated rings. The highest BCUT2D eigenvalue weighted by Gasteiger charge is 2.26. The van der Waals surface area contributed by atoms with Gasteiger partial charge in [-0.25, -0.2) is 4.18 Å². The molecule has 0 N–H and O–H groups in total. The van der Waals surface area contributed by atoms with Gasteiger partial charge in [-0.3, -0.25) is 0 Å². The first-order chi connectivity index (χ1) is 12.0. The van der Waals surface area contributed by atoms with Gasteiger partial charge in [-0.2, -0.15) is 8.42 Å². The van der Waals surface area contributed by atoms with E-state index in [1.807, 2.05) is 6.92 Å². The molecule has 1 atom stereocenters. The van der Waals surface area contributed by atoms with Crippen LogP contribution in [0.3, 0.4) is 0 Å². The predicted molar refractivity (Wildman–Crippen MR) is 96.9 cm³/mol. The van der Waals surface area contributed by atoms with E-state index < -0.39 is 16.4 Å². The molecule has 1 saturated heterocycles. The van der Waals surface area contributed by atoms with Crippen molar-refractivity contribution in [1.29, 1.82) is 0 Å². The summed E-state index contributed by atoms with van der Waals surface area (Å²) in [5, 5.41) is 0. The summed E-state index contributed by atoms with van der Waals surface area (Å²) in [6.07, 6.45) is 5.62. The molecule has 6 heteroatoms. The van der Waals surface area contributed by atoms with Gasteiger partial charge in [0.05, 0.1) is 11.0 Å². The predicted octanol–water partition coefficient (Wildman–Crippen LogP) is 4.19. The number of unbranched alkanes of at least 4 members (excludes halogenated alkanes) is 3. The molecule has 2 rings (SSSR count). The lowest BCUT2D eigenvalue weighted by atomic mass is 10.1. The van der Waals surface area contributed by atoms with Crippen molar-refractivity contribution in [2.24, 2.45) is 0 Å². The van der Waals surface area contributed by atoms with Gasteiger partial charge in [0.1, 0.15) is 0 Å². The Morgan fingerprint density at radius 2 is 1.80 bits per heavy atom. The molecule has 0 saturated carbocycles. The smallest absolute Gasteiger partial charge is 0.299 e. The van der Waals surface area contributed by atoms with Crippen molar-refractivity contribution in [3.63, 3.8) is 0 Å². The summed E-state index contributed by atoms with van der Waals surface area (Å²) in [5.74, 6) is 0. The third-order valence-electron chi connectivity index (χ3n) is 4.35. The monoisotopic (exact) mass is 370 g/mol. The highest BCUT2D eigenvalue weighted by molar-refractivity contribution is 7.86. The Morgan fingerprint density at radius 1 is 1.12 bits per heavy atom. The molecule has 5 nitrogen and oxygen atoms in total. The van der Waals surface area contributed by atoms with Crippen LogP contribution in [0.4, 0.5) is 0 Å². The molecule has 0 aliphatic carbocycles. The van der Waals surface area contributed by atoms with E-state index in [1.54, 1.807) is 24.3 Å². The molecule has 0 bridgehead atoms. The zero-order valence-corrected chi connectivity index (χ0v) is 16.1. The highest BCUT2D eigenvalue weighted by atomic mass is 32.2. The van der Waals surface area contributed by atoms with Gasteiger partial charge in [0.25, 0.3) is 10.1 Å². The Kier molecular flexibility index (Phi) is 8.36. The number of rotatable bonds is 10. The van der Waals surface area contributed by atoms with Crippen molar-refractivity contribution in [2.45, 2.75) is 76.1 Å². The van der Waals surface area contributed by atoms with Gasteiger partial charge in [0.15, 0.2) is 6.29 Å². The molecule has 25 heavy (non-hydrogen) atoms. The summed E-state index contributed by atoms with van der Waals surface area (Å²) < 4.78 is 41.9. The number of aryl methyl sites for hydroxylation is 1. The minimum atomic E-state index is -3.83. The summed E-state index contributed by atoms with van der Waals surface area (Å²) in [6, 6.07) is 6.69. The van der Waals surface area contributed by atoms with E-state index >= 15 is 0 Å². The van der Waals surface area contributed by atoms with Crippen molar-refractivity contribution in [3.05, 3.63) is 29.8 Å². The van der Waals surface area contributed by atoms with E-state index in [9.17, 15) is 8.42 Å². The van der Waals surface area contributed by atoms with E-state index in [4.69, 9.17) is 13.7 Å². The quantitative estimate of drug-likeness (QED) is 0.351. The molecular formula is C19H30O5S. The van der Waals surface area contributed by atoms with Gasteiger partial charge in [0.2, 0.25) is 0 Å². The van der Waals surface area contributed by atoms with Crippen LogP contribution in [0.1, 0.15) is 57.4 Å². The minimum Gasteiger partial charge on any atom is -0.381 e. The number of benzene rings is 1. The maximum Gasteiger partial charge on any atom is 0.299 e. The fourth-order valence-corrected chi connectivity index (χ4v) is 3.81. The maximum absolute atomic E-state index is 12.6.